The molecule has 1 N–H and O–H groups in total. The van der Waals surface area contributed by atoms with Crippen LogP contribution in [0.5, 0.6) is 0 Å². The number of rotatable bonds is 4. The molecular weight excluding hydrogens is 388 g/mol. The Labute approximate surface area is 182 Å². The Bertz CT molecular complexity index is 1060. The van der Waals surface area contributed by atoms with Crippen LogP contribution in [-0.4, -0.2) is 50.7 Å². The molecule has 1 saturated heterocycles. The Morgan fingerprint density at radius 2 is 1.74 bits per heavy atom. The number of fused-ring (bicyclic) bond motifs is 1. The highest BCUT2D eigenvalue weighted by Gasteiger charge is 2.22. The predicted molar refractivity (Wildman–Crippen MR) is 122 cm³/mol. The number of nitrogens with one attached hydrogen (secondary N) is 1. The van der Waals surface area contributed by atoms with E-state index in [1.165, 1.54) is 6.42 Å². The van der Waals surface area contributed by atoms with Gasteiger partial charge in [-0.25, -0.2) is 4.98 Å². The zero-order valence-electron chi connectivity index (χ0n) is 18.1. The van der Waals surface area contributed by atoms with E-state index in [0.29, 0.717) is 11.9 Å². The molecule has 1 saturated carbocycles. The SMILES string of the molecule is CN1CCC(n2cc(-c3cc4cc(NC(=O)C5CCCCC5)ncc4cn3)cn2)CC1. The van der Waals surface area contributed by atoms with E-state index < -0.39 is 0 Å². The minimum absolute atomic E-state index is 0.0974. The second-order valence-corrected chi connectivity index (χ2v) is 9.05. The van der Waals surface area contributed by atoms with Crippen molar-refractivity contribution < 1.29 is 4.79 Å². The van der Waals surface area contributed by atoms with Gasteiger partial charge in [0.1, 0.15) is 5.82 Å². The number of carbonyl (C=O) groups is 1. The minimum Gasteiger partial charge on any atom is -0.310 e. The quantitative estimate of drug-likeness (QED) is 0.684. The van der Waals surface area contributed by atoms with Crippen LogP contribution in [0, 0.1) is 5.92 Å². The van der Waals surface area contributed by atoms with Gasteiger partial charge in [0.05, 0.1) is 17.9 Å². The van der Waals surface area contributed by atoms with E-state index in [9.17, 15) is 4.79 Å². The molecule has 1 amide bonds. The van der Waals surface area contributed by atoms with Crippen LogP contribution in [0.15, 0.2) is 36.9 Å². The molecule has 0 atom stereocenters. The summed E-state index contributed by atoms with van der Waals surface area (Å²) in [5, 5.41) is 9.62. The fraction of sp³-hybridized carbons (Fsp3) is 0.500. The number of hydrogen-bond acceptors (Lipinski definition) is 5. The Morgan fingerprint density at radius 3 is 2.55 bits per heavy atom. The number of amides is 1. The van der Waals surface area contributed by atoms with Crippen molar-refractivity contribution in [3.63, 3.8) is 0 Å². The molecule has 0 spiro atoms. The Kier molecular flexibility index (Phi) is 5.68. The van der Waals surface area contributed by atoms with Gasteiger partial charge in [-0.1, -0.05) is 19.3 Å². The zero-order chi connectivity index (χ0) is 21.2. The number of carbonyl (C=O) groups excluding carboxylic acids is 1. The van der Waals surface area contributed by atoms with Crippen molar-refractivity contribution in [1.82, 2.24) is 24.6 Å². The number of anilines is 1. The lowest BCUT2D eigenvalue weighted by atomic mass is 9.89. The van der Waals surface area contributed by atoms with Gasteiger partial charge < -0.3 is 10.2 Å². The molecule has 0 unspecified atom stereocenters. The van der Waals surface area contributed by atoms with Gasteiger partial charge >= 0.3 is 0 Å². The maximum Gasteiger partial charge on any atom is 0.228 e. The van der Waals surface area contributed by atoms with E-state index in [1.807, 2.05) is 18.5 Å². The Morgan fingerprint density at radius 1 is 0.968 bits per heavy atom. The van der Waals surface area contributed by atoms with Crippen molar-refractivity contribution >= 4 is 22.5 Å². The second kappa shape index (κ2) is 8.75. The molecule has 1 aliphatic carbocycles. The normalized spacial score (nSPS) is 19.0. The van der Waals surface area contributed by atoms with Crippen LogP contribution < -0.4 is 5.32 Å². The molecule has 7 heteroatoms. The monoisotopic (exact) mass is 418 g/mol. The number of nitrogens with zero attached hydrogens (tertiary/aromatic N) is 5. The molecule has 4 heterocycles. The molecular formula is C24H30N6O. The lowest BCUT2D eigenvalue weighted by molar-refractivity contribution is -0.120. The number of piperidine rings is 1. The van der Waals surface area contributed by atoms with Gasteiger partial charge in [0, 0.05) is 35.5 Å². The molecule has 7 nitrogen and oxygen atoms in total. The van der Waals surface area contributed by atoms with E-state index in [1.54, 1.807) is 6.20 Å². The van der Waals surface area contributed by atoms with Crippen molar-refractivity contribution in [2.75, 3.05) is 25.5 Å². The third-order valence-corrected chi connectivity index (χ3v) is 6.79. The highest BCUT2D eigenvalue weighted by atomic mass is 16.1. The summed E-state index contributed by atoms with van der Waals surface area (Å²) in [6.45, 7) is 2.22. The molecule has 31 heavy (non-hydrogen) atoms. The highest BCUT2D eigenvalue weighted by Crippen LogP contribution is 2.28. The van der Waals surface area contributed by atoms with Gasteiger partial charge in [-0.05, 0) is 63.3 Å². The van der Waals surface area contributed by atoms with Crippen LogP contribution in [0.3, 0.4) is 0 Å². The van der Waals surface area contributed by atoms with Gasteiger partial charge in [0.25, 0.3) is 0 Å². The summed E-state index contributed by atoms with van der Waals surface area (Å²) in [6.07, 6.45) is 15.4. The predicted octanol–water partition coefficient (Wildman–Crippen LogP) is 4.28. The van der Waals surface area contributed by atoms with Gasteiger partial charge in [-0.2, -0.15) is 5.10 Å². The van der Waals surface area contributed by atoms with Crippen molar-refractivity contribution in [3.8, 4) is 11.3 Å². The minimum atomic E-state index is 0.0974. The Hall–Kier alpha value is -2.80. The molecule has 3 aromatic heterocycles. The molecule has 0 radical (unpaired) electrons. The van der Waals surface area contributed by atoms with Gasteiger partial charge in [0.2, 0.25) is 5.91 Å². The molecule has 1 aliphatic heterocycles. The number of pyridine rings is 2. The standard InChI is InChI=1S/C24H30N6O/c1-29-9-7-21(8-10-29)30-16-20(15-27-30)22-11-18-12-23(26-14-19(18)13-25-22)28-24(31)17-5-3-2-4-6-17/h11-17,21H,2-10H2,1H3,(H,26,28,31). The first kappa shape index (κ1) is 20.1. The summed E-state index contributed by atoms with van der Waals surface area (Å²) in [7, 11) is 2.17. The van der Waals surface area contributed by atoms with Crippen molar-refractivity contribution in [1.29, 1.82) is 0 Å². The molecule has 0 bridgehead atoms. The summed E-state index contributed by atoms with van der Waals surface area (Å²) in [6, 6.07) is 4.46. The molecule has 3 aromatic rings. The summed E-state index contributed by atoms with van der Waals surface area (Å²) in [4.78, 5) is 24.0. The first-order chi connectivity index (χ1) is 15.2. The van der Waals surface area contributed by atoms with E-state index in [0.717, 1.165) is 73.6 Å². The van der Waals surface area contributed by atoms with E-state index in [2.05, 4.69) is 49.3 Å². The van der Waals surface area contributed by atoms with Gasteiger partial charge in [-0.15, -0.1) is 0 Å². The molecule has 2 aliphatic rings. The third kappa shape index (κ3) is 4.46. The Balaban J connectivity index is 1.34. The van der Waals surface area contributed by atoms with Crippen LogP contribution >= 0.6 is 0 Å². The largest absolute Gasteiger partial charge is 0.310 e. The van der Waals surface area contributed by atoms with E-state index in [-0.39, 0.29) is 11.8 Å². The lowest BCUT2D eigenvalue weighted by Gasteiger charge is -2.28. The molecule has 162 valence electrons. The average Bonchev–Trinajstić information content (AvgIpc) is 3.30. The van der Waals surface area contributed by atoms with Crippen LogP contribution in [-0.2, 0) is 4.79 Å². The summed E-state index contributed by atoms with van der Waals surface area (Å²) in [5.74, 6) is 0.826. The van der Waals surface area contributed by atoms with Crippen molar-refractivity contribution in [3.05, 3.63) is 36.9 Å². The second-order valence-electron chi connectivity index (χ2n) is 9.05. The number of hydrogen-bond donors (Lipinski definition) is 1. The van der Waals surface area contributed by atoms with E-state index >= 15 is 0 Å². The summed E-state index contributed by atoms with van der Waals surface area (Å²) >= 11 is 0. The first-order valence-corrected chi connectivity index (χ1v) is 11.5. The van der Waals surface area contributed by atoms with Gasteiger partial charge in [0.15, 0.2) is 0 Å². The van der Waals surface area contributed by atoms with Crippen molar-refractivity contribution in [2.45, 2.75) is 51.0 Å². The molecule has 0 aromatic carbocycles. The van der Waals surface area contributed by atoms with Crippen LogP contribution in [0.4, 0.5) is 5.82 Å². The van der Waals surface area contributed by atoms with E-state index in [4.69, 9.17) is 0 Å². The maximum atomic E-state index is 12.6. The summed E-state index contributed by atoms with van der Waals surface area (Å²) in [5.41, 5.74) is 1.91. The third-order valence-electron chi connectivity index (χ3n) is 6.79. The van der Waals surface area contributed by atoms with Gasteiger partial charge in [-0.3, -0.25) is 14.5 Å². The molecule has 5 rings (SSSR count). The zero-order valence-corrected chi connectivity index (χ0v) is 18.1. The number of likely N-dealkylation sites (tertiary alicyclic amines) is 1. The maximum absolute atomic E-state index is 12.6. The first-order valence-electron chi connectivity index (χ1n) is 11.5. The lowest BCUT2D eigenvalue weighted by Crippen LogP contribution is -2.31. The fourth-order valence-electron chi connectivity index (χ4n) is 4.79. The van der Waals surface area contributed by atoms with Crippen molar-refractivity contribution in [2.24, 2.45) is 5.92 Å². The molecule has 2 fully saturated rings. The number of aromatic nitrogens is 4. The summed E-state index contributed by atoms with van der Waals surface area (Å²) < 4.78 is 2.09. The van der Waals surface area contributed by atoms with Crippen LogP contribution in [0.2, 0.25) is 0 Å². The fourth-order valence-corrected chi connectivity index (χ4v) is 4.79. The average molecular weight is 419 g/mol. The topological polar surface area (TPSA) is 75.9 Å². The van der Waals surface area contributed by atoms with Crippen LogP contribution in [0.1, 0.15) is 51.0 Å². The highest BCUT2D eigenvalue weighted by molar-refractivity contribution is 5.94. The van der Waals surface area contributed by atoms with Crippen LogP contribution in [0.25, 0.3) is 22.0 Å². The smallest absolute Gasteiger partial charge is 0.228 e.